The summed E-state index contributed by atoms with van der Waals surface area (Å²) >= 11 is 0. The van der Waals surface area contributed by atoms with E-state index in [-0.39, 0.29) is 22.9 Å². The van der Waals surface area contributed by atoms with Gasteiger partial charge in [-0.25, -0.2) is 12.7 Å². The third-order valence-electron chi connectivity index (χ3n) is 4.24. The molecule has 0 spiro atoms. The number of amides is 1. The number of hydrogen-bond acceptors (Lipinski definition) is 4. The molecule has 0 aliphatic rings. The predicted molar refractivity (Wildman–Crippen MR) is 108 cm³/mol. The van der Waals surface area contributed by atoms with Crippen molar-refractivity contribution in [1.29, 1.82) is 0 Å². The lowest BCUT2D eigenvalue weighted by atomic mass is 10.1. The van der Waals surface area contributed by atoms with Gasteiger partial charge in [0.15, 0.2) is 0 Å². The van der Waals surface area contributed by atoms with Gasteiger partial charge >= 0.3 is 0 Å². The number of anilines is 1. The highest BCUT2D eigenvalue weighted by Gasteiger charge is 2.18. The van der Waals surface area contributed by atoms with Crippen molar-refractivity contribution in [2.45, 2.75) is 37.2 Å². The van der Waals surface area contributed by atoms with Crippen molar-refractivity contribution in [1.82, 2.24) is 9.62 Å². The maximum absolute atomic E-state index is 12.1. The van der Waals surface area contributed by atoms with Gasteiger partial charge in [-0.3, -0.25) is 4.79 Å². The minimum atomic E-state index is -3.43. The fraction of sp³-hybridized carbons (Fsp3) is 0.350. The highest BCUT2D eigenvalue weighted by molar-refractivity contribution is 7.89. The van der Waals surface area contributed by atoms with E-state index in [0.29, 0.717) is 6.42 Å². The number of para-hydroxylation sites is 1. The molecule has 0 fully saturated rings. The van der Waals surface area contributed by atoms with Crippen LogP contribution in [0.25, 0.3) is 0 Å². The second-order valence-electron chi connectivity index (χ2n) is 6.76. The average Bonchev–Trinajstić information content (AvgIpc) is 2.62. The molecule has 0 saturated carbocycles. The van der Waals surface area contributed by atoms with E-state index < -0.39 is 10.0 Å². The zero-order valence-electron chi connectivity index (χ0n) is 16.1. The molecule has 2 unspecified atom stereocenters. The van der Waals surface area contributed by atoms with Crippen molar-refractivity contribution < 1.29 is 13.2 Å². The van der Waals surface area contributed by atoms with Crippen LogP contribution in [-0.4, -0.2) is 38.8 Å². The zero-order valence-corrected chi connectivity index (χ0v) is 17.0. The number of sulfonamides is 1. The highest BCUT2D eigenvalue weighted by atomic mass is 32.2. The fourth-order valence-electron chi connectivity index (χ4n) is 2.73. The molecular formula is C20H27N3O3S. The molecule has 2 atom stereocenters. The zero-order chi connectivity index (χ0) is 20.0. The number of hydrogen-bond donors (Lipinski definition) is 2. The standard InChI is InChI=1S/C20H27N3O3S/c1-15(14-20(24)22-18-8-6-5-7-9-18)21-16(2)17-10-12-19(13-11-17)27(25,26)23(3)4/h5-13,15-16,21H,14H2,1-4H3,(H,22,24). The van der Waals surface area contributed by atoms with Crippen molar-refractivity contribution >= 4 is 21.6 Å². The second kappa shape index (κ2) is 9.12. The Morgan fingerprint density at radius 1 is 1.00 bits per heavy atom. The molecule has 0 aromatic heterocycles. The van der Waals surface area contributed by atoms with E-state index in [2.05, 4.69) is 10.6 Å². The lowest BCUT2D eigenvalue weighted by molar-refractivity contribution is -0.116. The van der Waals surface area contributed by atoms with Gasteiger partial charge in [-0.05, 0) is 43.7 Å². The summed E-state index contributed by atoms with van der Waals surface area (Å²) in [4.78, 5) is 12.4. The maximum atomic E-state index is 12.1. The van der Waals surface area contributed by atoms with E-state index in [9.17, 15) is 13.2 Å². The van der Waals surface area contributed by atoms with Crippen molar-refractivity contribution in [2.24, 2.45) is 0 Å². The average molecular weight is 390 g/mol. The van der Waals surface area contributed by atoms with Gasteiger partial charge < -0.3 is 10.6 Å². The summed E-state index contributed by atoms with van der Waals surface area (Å²) in [6.07, 6.45) is 0.340. The summed E-state index contributed by atoms with van der Waals surface area (Å²) in [7, 11) is -0.409. The highest BCUT2D eigenvalue weighted by Crippen LogP contribution is 2.19. The van der Waals surface area contributed by atoms with Crippen molar-refractivity contribution in [3.8, 4) is 0 Å². The molecule has 27 heavy (non-hydrogen) atoms. The van der Waals surface area contributed by atoms with Crippen LogP contribution >= 0.6 is 0 Å². The monoisotopic (exact) mass is 389 g/mol. The summed E-state index contributed by atoms with van der Waals surface area (Å²) in [5, 5.41) is 6.24. The first-order valence-corrected chi connectivity index (χ1v) is 10.3. The molecular weight excluding hydrogens is 362 g/mol. The minimum Gasteiger partial charge on any atom is -0.326 e. The smallest absolute Gasteiger partial charge is 0.242 e. The molecule has 2 aromatic carbocycles. The Labute approximate surface area is 161 Å². The summed E-state index contributed by atoms with van der Waals surface area (Å²) in [5.41, 5.74) is 1.74. The number of rotatable bonds is 8. The van der Waals surface area contributed by atoms with Gasteiger partial charge in [-0.15, -0.1) is 0 Å². The van der Waals surface area contributed by atoms with Crippen LogP contribution in [0.5, 0.6) is 0 Å². The van der Waals surface area contributed by atoms with E-state index in [1.807, 2.05) is 44.2 Å². The van der Waals surface area contributed by atoms with E-state index >= 15 is 0 Å². The lowest BCUT2D eigenvalue weighted by Crippen LogP contribution is -2.32. The molecule has 0 bridgehead atoms. The van der Waals surface area contributed by atoms with Crippen LogP contribution in [0.15, 0.2) is 59.5 Å². The topological polar surface area (TPSA) is 78.5 Å². The number of carbonyl (C=O) groups is 1. The van der Waals surface area contributed by atoms with Crippen molar-refractivity contribution in [3.63, 3.8) is 0 Å². The Morgan fingerprint density at radius 2 is 1.59 bits per heavy atom. The summed E-state index contributed by atoms with van der Waals surface area (Å²) in [6, 6.07) is 16.1. The summed E-state index contributed by atoms with van der Waals surface area (Å²) in [6.45, 7) is 3.94. The third-order valence-corrected chi connectivity index (χ3v) is 6.07. The van der Waals surface area contributed by atoms with Crippen LogP contribution in [0.4, 0.5) is 5.69 Å². The first-order valence-electron chi connectivity index (χ1n) is 8.83. The van der Waals surface area contributed by atoms with Gasteiger partial charge in [-0.2, -0.15) is 0 Å². The number of benzene rings is 2. The third kappa shape index (κ3) is 5.89. The quantitative estimate of drug-likeness (QED) is 0.727. The Bertz CT molecular complexity index is 850. The van der Waals surface area contributed by atoms with Crippen molar-refractivity contribution in [3.05, 3.63) is 60.2 Å². The van der Waals surface area contributed by atoms with Crippen molar-refractivity contribution in [2.75, 3.05) is 19.4 Å². The second-order valence-corrected chi connectivity index (χ2v) is 8.92. The lowest BCUT2D eigenvalue weighted by Gasteiger charge is -2.20. The number of nitrogens with zero attached hydrogens (tertiary/aromatic N) is 1. The molecule has 2 N–H and O–H groups in total. The number of carbonyl (C=O) groups excluding carboxylic acids is 1. The normalized spacial score (nSPS) is 14.0. The van der Waals surface area contributed by atoms with Crippen LogP contribution in [0, 0.1) is 0 Å². The molecule has 0 saturated heterocycles. The van der Waals surface area contributed by atoms with E-state index in [1.165, 1.54) is 18.4 Å². The van der Waals surface area contributed by atoms with E-state index in [1.54, 1.807) is 24.3 Å². The van der Waals surface area contributed by atoms with E-state index in [0.717, 1.165) is 11.3 Å². The molecule has 146 valence electrons. The van der Waals surface area contributed by atoms with Crippen LogP contribution in [-0.2, 0) is 14.8 Å². The van der Waals surface area contributed by atoms with Crippen LogP contribution < -0.4 is 10.6 Å². The molecule has 0 aliphatic carbocycles. The van der Waals surface area contributed by atoms with Gasteiger partial charge in [0.05, 0.1) is 4.90 Å². The molecule has 0 heterocycles. The Morgan fingerprint density at radius 3 is 2.15 bits per heavy atom. The van der Waals surface area contributed by atoms with Crippen LogP contribution in [0.2, 0.25) is 0 Å². The van der Waals surface area contributed by atoms with Gasteiger partial charge in [0, 0.05) is 38.3 Å². The molecule has 2 aromatic rings. The van der Waals surface area contributed by atoms with Crippen LogP contribution in [0.1, 0.15) is 31.9 Å². The number of nitrogens with one attached hydrogen (secondary N) is 2. The predicted octanol–water partition coefficient (Wildman–Crippen LogP) is 3.00. The molecule has 1 amide bonds. The maximum Gasteiger partial charge on any atom is 0.242 e. The summed E-state index contributed by atoms with van der Waals surface area (Å²) in [5.74, 6) is -0.0548. The van der Waals surface area contributed by atoms with Gasteiger partial charge in [-0.1, -0.05) is 30.3 Å². The fourth-order valence-corrected chi connectivity index (χ4v) is 3.63. The van der Waals surface area contributed by atoms with Gasteiger partial charge in [0.1, 0.15) is 0 Å². The Balaban J connectivity index is 1.92. The Hall–Kier alpha value is -2.22. The first kappa shape index (κ1) is 21.1. The minimum absolute atomic E-state index is 0.0133. The summed E-state index contributed by atoms with van der Waals surface area (Å²) < 4.78 is 25.4. The van der Waals surface area contributed by atoms with Crippen LogP contribution in [0.3, 0.4) is 0 Å². The first-order chi connectivity index (χ1) is 12.7. The molecule has 7 heteroatoms. The molecule has 2 rings (SSSR count). The Kier molecular flexibility index (Phi) is 7.12. The van der Waals surface area contributed by atoms with Gasteiger partial charge in [0.2, 0.25) is 15.9 Å². The molecule has 6 nitrogen and oxygen atoms in total. The largest absolute Gasteiger partial charge is 0.326 e. The van der Waals surface area contributed by atoms with E-state index in [4.69, 9.17) is 0 Å². The SMILES string of the molecule is CC(CC(=O)Nc1ccccc1)NC(C)c1ccc(S(=O)(=O)N(C)C)cc1. The molecule has 0 aliphatic heterocycles. The molecule has 0 radical (unpaired) electrons. The van der Waals surface area contributed by atoms with Gasteiger partial charge in [0.25, 0.3) is 0 Å².